The van der Waals surface area contributed by atoms with E-state index in [0.717, 1.165) is 0 Å². The van der Waals surface area contributed by atoms with Crippen LogP contribution in [0, 0.1) is 13.8 Å². The van der Waals surface area contributed by atoms with Crippen molar-refractivity contribution in [1.29, 1.82) is 0 Å². The van der Waals surface area contributed by atoms with E-state index in [-0.39, 0.29) is 12.3 Å². The molecule has 80 valence electrons. The second-order valence-electron chi connectivity index (χ2n) is 3.02. The minimum atomic E-state index is -3.33. The van der Waals surface area contributed by atoms with E-state index in [1.165, 1.54) is 0 Å². The molecule has 0 saturated heterocycles. The SMILES string of the molecule is Cc1n[nH]c(C)c1NS(=O)(=O)CCN. The van der Waals surface area contributed by atoms with Crippen molar-refractivity contribution >= 4 is 15.7 Å². The fraction of sp³-hybridized carbons (Fsp3) is 0.571. The molecule has 1 aromatic rings. The molecule has 0 bridgehead atoms. The minimum absolute atomic E-state index is 0.0863. The number of hydrogen-bond donors (Lipinski definition) is 3. The highest BCUT2D eigenvalue weighted by Gasteiger charge is 2.14. The van der Waals surface area contributed by atoms with Crippen LogP contribution in [0.1, 0.15) is 11.4 Å². The average molecular weight is 218 g/mol. The first-order valence-corrected chi connectivity index (χ1v) is 5.83. The van der Waals surface area contributed by atoms with Gasteiger partial charge in [-0.2, -0.15) is 5.10 Å². The normalized spacial score (nSPS) is 11.6. The quantitative estimate of drug-likeness (QED) is 0.647. The average Bonchev–Trinajstić information content (AvgIpc) is 2.35. The Morgan fingerprint density at radius 1 is 1.50 bits per heavy atom. The lowest BCUT2D eigenvalue weighted by Gasteiger charge is -2.06. The predicted octanol–water partition coefficient (Wildman–Crippen LogP) is -0.273. The van der Waals surface area contributed by atoms with Crippen LogP contribution >= 0.6 is 0 Å². The Kier molecular flexibility index (Phi) is 3.12. The van der Waals surface area contributed by atoms with Crippen molar-refractivity contribution in [1.82, 2.24) is 10.2 Å². The lowest BCUT2D eigenvalue weighted by Crippen LogP contribution is -2.22. The number of nitrogens with one attached hydrogen (secondary N) is 2. The highest BCUT2D eigenvalue weighted by molar-refractivity contribution is 7.92. The molecule has 6 nitrogen and oxygen atoms in total. The van der Waals surface area contributed by atoms with Crippen molar-refractivity contribution in [3.63, 3.8) is 0 Å². The van der Waals surface area contributed by atoms with Crippen molar-refractivity contribution < 1.29 is 8.42 Å². The van der Waals surface area contributed by atoms with Crippen LogP contribution in [-0.2, 0) is 10.0 Å². The van der Waals surface area contributed by atoms with Gasteiger partial charge in [-0.1, -0.05) is 0 Å². The first-order chi connectivity index (χ1) is 6.46. The zero-order valence-corrected chi connectivity index (χ0v) is 8.98. The van der Waals surface area contributed by atoms with Crippen molar-refractivity contribution in [3.8, 4) is 0 Å². The Morgan fingerprint density at radius 3 is 2.57 bits per heavy atom. The summed E-state index contributed by atoms with van der Waals surface area (Å²) in [6, 6.07) is 0. The molecule has 0 aliphatic rings. The van der Waals surface area contributed by atoms with Gasteiger partial charge >= 0.3 is 0 Å². The lowest BCUT2D eigenvalue weighted by atomic mass is 10.3. The lowest BCUT2D eigenvalue weighted by molar-refractivity contribution is 0.601. The van der Waals surface area contributed by atoms with Crippen LogP contribution in [0.15, 0.2) is 0 Å². The molecular weight excluding hydrogens is 204 g/mol. The number of hydrogen-bond acceptors (Lipinski definition) is 4. The summed E-state index contributed by atoms with van der Waals surface area (Å²) in [6.45, 7) is 3.58. The molecular formula is C7H14N4O2S. The zero-order chi connectivity index (χ0) is 10.8. The van der Waals surface area contributed by atoms with E-state index in [1.54, 1.807) is 13.8 Å². The molecule has 0 unspecified atom stereocenters. The van der Waals surface area contributed by atoms with Crippen LogP contribution in [0.2, 0.25) is 0 Å². The molecule has 0 aliphatic heterocycles. The molecule has 0 radical (unpaired) electrons. The Morgan fingerprint density at radius 2 is 2.14 bits per heavy atom. The van der Waals surface area contributed by atoms with Gasteiger partial charge in [0.2, 0.25) is 10.0 Å². The second kappa shape index (κ2) is 3.97. The van der Waals surface area contributed by atoms with Crippen LogP contribution in [0.3, 0.4) is 0 Å². The summed E-state index contributed by atoms with van der Waals surface area (Å²) in [7, 11) is -3.33. The van der Waals surface area contributed by atoms with Gasteiger partial charge in [0.1, 0.15) is 0 Å². The van der Waals surface area contributed by atoms with E-state index < -0.39 is 10.0 Å². The maximum Gasteiger partial charge on any atom is 0.234 e. The number of nitrogens with two attached hydrogens (primary N) is 1. The third kappa shape index (κ3) is 2.46. The van der Waals surface area contributed by atoms with Crippen LogP contribution in [0.5, 0.6) is 0 Å². The summed E-state index contributed by atoms with van der Waals surface area (Å²) >= 11 is 0. The zero-order valence-electron chi connectivity index (χ0n) is 8.16. The molecule has 1 rings (SSSR count). The fourth-order valence-electron chi connectivity index (χ4n) is 1.06. The molecule has 1 heterocycles. The van der Waals surface area contributed by atoms with Crippen molar-refractivity contribution in [2.45, 2.75) is 13.8 Å². The summed E-state index contributed by atoms with van der Waals surface area (Å²) in [5.74, 6) is -0.0863. The minimum Gasteiger partial charge on any atom is -0.329 e. The summed E-state index contributed by atoms with van der Waals surface area (Å²) in [6.07, 6.45) is 0. The number of rotatable bonds is 4. The Hall–Kier alpha value is -1.08. The summed E-state index contributed by atoms with van der Waals surface area (Å²) in [5, 5.41) is 6.57. The third-order valence-electron chi connectivity index (χ3n) is 1.77. The molecule has 0 fully saturated rings. The van der Waals surface area contributed by atoms with Gasteiger partial charge in [-0.05, 0) is 13.8 Å². The molecule has 4 N–H and O–H groups in total. The molecule has 0 aliphatic carbocycles. The van der Waals surface area contributed by atoms with Gasteiger partial charge in [-0.15, -0.1) is 0 Å². The summed E-state index contributed by atoms with van der Waals surface area (Å²) < 4.78 is 25.2. The molecule has 1 aromatic heterocycles. The number of aryl methyl sites for hydroxylation is 2. The summed E-state index contributed by atoms with van der Waals surface area (Å²) in [5.41, 5.74) is 7.01. The first-order valence-electron chi connectivity index (χ1n) is 4.18. The first kappa shape index (κ1) is 11.0. The molecule has 0 aromatic carbocycles. The monoisotopic (exact) mass is 218 g/mol. The number of aromatic amines is 1. The largest absolute Gasteiger partial charge is 0.329 e. The van der Waals surface area contributed by atoms with Crippen LogP contribution in [-0.4, -0.2) is 30.9 Å². The van der Waals surface area contributed by atoms with Gasteiger partial charge in [-0.3, -0.25) is 9.82 Å². The Labute approximate surface area is 82.9 Å². The topological polar surface area (TPSA) is 101 Å². The van der Waals surface area contributed by atoms with Gasteiger partial charge in [-0.25, -0.2) is 8.42 Å². The number of anilines is 1. The molecule has 0 spiro atoms. The third-order valence-corrected chi connectivity index (χ3v) is 3.06. The van der Waals surface area contributed by atoms with E-state index in [0.29, 0.717) is 17.1 Å². The highest BCUT2D eigenvalue weighted by Crippen LogP contribution is 2.17. The van der Waals surface area contributed by atoms with Crippen molar-refractivity contribution in [2.24, 2.45) is 5.73 Å². The van der Waals surface area contributed by atoms with Gasteiger partial charge < -0.3 is 5.73 Å². The molecule has 0 atom stereocenters. The van der Waals surface area contributed by atoms with E-state index in [4.69, 9.17) is 5.73 Å². The van der Waals surface area contributed by atoms with Crippen LogP contribution < -0.4 is 10.5 Å². The van der Waals surface area contributed by atoms with Gasteiger partial charge in [0.25, 0.3) is 0 Å². The van der Waals surface area contributed by atoms with Crippen LogP contribution in [0.4, 0.5) is 5.69 Å². The number of sulfonamides is 1. The number of nitrogens with zero attached hydrogens (tertiary/aromatic N) is 1. The highest BCUT2D eigenvalue weighted by atomic mass is 32.2. The van der Waals surface area contributed by atoms with Gasteiger partial charge in [0.05, 0.1) is 22.8 Å². The fourth-order valence-corrected chi connectivity index (χ4v) is 2.09. The molecule has 14 heavy (non-hydrogen) atoms. The smallest absolute Gasteiger partial charge is 0.234 e. The Balaban J connectivity index is 2.89. The van der Waals surface area contributed by atoms with E-state index in [1.807, 2.05) is 0 Å². The predicted molar refractivity (Wildman–Crippen MR) is 54.5 cm³/mol. The van der Waals surface area contributed by atoms with Crippen molar-refractivity contribution in [2.75, 3.05) is 17.0 Å². The van der Waals surface area contributed by atoms with E-state index in [9.17, 15) is 8.42 Å². The molecule has 0 saturated carbocycles. The van der Waals surface area contributed by atoms with Crippen molar-refractivity contribution in [3.05, 3.63) is 11.4 Å². The van der Waals surface area contributed by atoms with Gasteiger partial charge in [0.15, 0.2) is 0 Å². The molecule has 0 amide bonds. The van der Waals surface area contributed by atoms with Crippen LogP contribution in [0.25, 0.3) is 0 Å². The van der Waals surface area contributed by atoms with Gasteiger partial charge in [0, 0.05) is 6.54 Å². The standard InChI is InChI=1S/C7H14N4O2S/c1-5-7(6(2)10-9-5)11-14(12,13)4-3-8/h11H,3-4,8H2,1-2H3,(H,9,10). The maximum absolute atomic E-state index is 11.4. The second-order valence-corrected chi connectivity index (χ2v) is 4.86. The van der Waals surface area contributed by atoms with E-state index in [2.05, 4.69) is 14.9 Å². The number of H-pyrrole nitrogens is 1. The molecule has 7 heteroatoms. The summed E-state index contributed by atoms with van der Waals surface area (Å²) in [4.78, 5) is 0. The number of aromatic nitrogens is 2. The van der Waals surface area contributed by atoms with E-state index >= 15 is 0 Å². The Bertz CT molecular complexity index is 390. The maximum atomic E-state index is 11.4.